The van der Waals surface area contributed by atoms with Crippen molar-refractivity contribution in [3.8, 4) is 0 Å². The molecule has 0 N–H and O–H groups in total. The van der Waals surface area contributed by atoms with Crippen molar-refractivity contribution in [2.75, 3.05) is 13.3 Å². The normalized spacial score (nSPS) is 11.2. The number of halogens is 1. The highest BCUT2D eigenvalue weighted by Crippen LogP contribution is 2.19. The molecular weight excluding hydrogens is 364 g/mol. The summed E-state index contributed by atoms with van der Waals surface area (Å²) in [5.74, 6) is -0.0630. The second kappa shape index (κ2) is 8.39. The summed E-state index contributed by atoms with van der Waals surface area (Å²) in [5, 5.41) is 1.66. The molecule has 0 aliphatic heterocycles. The summed E-state index contributed by atoms with van der Waals surface area (Å²) in [6.45, 7) is 0.568. The first kappa shape index (κ1) is 18.5. The number of fused-ring (bicyclic) bond motifs is 1. The van der Waals surface area contributed by atoms with E-state index in [1.807, 2.05) is 48.7 Å². The first-order valence-electron chi connectivity index (χ1n) is 8.17. The van der Waals surface area contributed by atoms with Crippen molar-refractivity contribution < 1.29 is 4.79 Å². The van der Waals surface area contributed by atoms with E-state index in [2.05, 4.69) is 17.1 Å². The Morgan fingerprint density at radius 1 is 1.15 bits per heavy atom. The minimum absolute atomic E-state index is 0.0630. The highest BCUT2D eigenvalue weighted by Gasteiger charge is 2.06. The third kappa shape index (κ3) is 4.65. The molecule has 132 valence electrons. The third-order valence-electron chi connectivity index (χ3n) is 4.03. The summed E-state index contributed by atoms with van der Waals surface area (Å²) < 4.78 is 0. The van der Waals surface area contributed by atoms with Gasteiger partial charge in [0.25, 0.3) is 0 Å². The Morgan fingerprint density at radius 3 is 2.62 bits per heavy atom. The largest absolute Gasteiger partial charge is 0.338 e. The fourth-order valence-electron chi connectivity index (χ4n) is 2.57. The van der Waals surface area contributed by atoms with Crippen LogP contribution in [0.2, 0.25) is 5.02 Å². The molecule has 3 aromatic rings. The smallest absolute Gasteiger partial charge is 0.246 e. The van der Waals surface area contributed by atoms with Gasteiger partial charge in [-0.05, 0) is 48.2 Å². The molecule has 0 radical (unpaired) electrons. The minimum atomic E-state index is -0.0630. The Morgan fingerprint density at radius 2 is 1.88 bits per heavy atom. The van der Waals surface area contributed by atoms with E-state index in [4.69, 9.17) is 11.6 Å². The number of rotatable bonds is 5. The van der Waals surface area contributed by atoms with Gasteiger partial charge in [0.05, 0.1) is 11.2 Å². The van der Waals surface area contributed by atoms with Gasteiger partial charge in [0.2, 0.25) is 5.91 Å². The van der Waals surface area contributed by atoms with Crippen molar-refractivity contribution in [3.63, 3.8) is 0 Å². The van der Waals surface area contributed by atoms with E-state index in [0.29, 0.717) is 11.6 Å². The molecule has 2 aromatic carbocycles. The van der Waals surface area contributed by atoms with E-state index in [1.165, 1.54) is 4.90 Å². The molecule has 1 aromatic heterocycles. The number of carbonyl (C=O) groups is 1. The summed E-state index contributed by atoms with van der Waals surface area (Å²) in [6, 6.07) is 17.7. The Balaban J connectivity index is 1.67. The predicted octanol–water partition coefficient (Wildman–Crippen LogP) is 5.28. The van der Waals surface area contributed by atoms with Gasteiger partial charge in [-0.1, -0.05) is 35.9 Å². The lowest BCUT2D eigenvalue weighted by atomic mass is 10.2. The zero-order valence-corrected chi connectivity index (χ0v) is 16.2. The zero-order valence-electron chi connectivity index (χ0n) is 14.6. The number of carbonyl (C=O) groups excluding carboxylic acids is 1. The van der Waals surface area contributed by atoms with Crippen molar-refractivity contribution >= 4 is 46.2 Å². The van der Waals surface area contributed by atoms with Gasteiger partial charge < -0.3 is 4.90 Å². The second-order valence-corrected chi connectivity index (χ2v) is 7.26. The van der Waals surface area contributed by atoms with Crippen molar-refractivity contribution in [1.82, 2.24) is 9.88 Å². The monoisotopic (exact) mass is 382 g/mol. The summed E-state index contributed by atoms with van der Waals surface area (Å²) in [4.78, 5) is 19.8. The zero-order chi connectivity index (χ0) is 18.5. The number of likely N-dealkylation sites (N-methyl/N-ethyl adjacent to an activating group) is 1. The number of benzene rings is 2. The average Bonchev–Trinajstić information content (AvgIpc) is 2.66. The van der Waals surface area contributed by atoms with Crippen LogP contribution in [0.5, 0.6) is 0 Å². The van der Waals surface area contributed by atoms with Gasteiger partial charge in [0.1, 0.15) is 0 Å². The van der Waals surface area contributed by atoms with Crippen molar-refractivity contribution in [3.05, 3.63) is 77.0 Å². The van der Waals surface area contributed by atoms with Gasteiger partial charge in [0.15, 0.2) is 0 Å². The van der Waals surface area contributed by atoms with Crippen LogP contribution in [0.3, 0.4) is 0 Å². The number of aromatic nitrogens is 1. The van der Waals surface area contributed by atoms with E-state index in [9.17, 15) is 4.79 Å². The maximum atomic E-state index is 12.3. The standard InChI is InChI=1S/C21H19ClN2OS/c1-24(14-15-3-10-19(26-2)11-4-15)21(25)12-9-18-8-6-16-5-7-17(22)13-20(16)23-18/h3-13H,14H2,1-2H3. The molecule has 1 heterocycles. The second-order valence-electron chi connectivity index (χ2n) is 5.95. The molecule has 3 nitrogen and oxygen atoms in total. The molecule has 26 heavy (non-hydrogen) atoms. The van der Waals surface area contributed by atoms with Gasteiger partial charge in [-0.3, -0.25) is 4.79 Å². The lowest BCUT2D eigenvalue weighted by molar-refractivity contribution is -0.125. The number of amides is 1. The Hall–Kier alpha value is -2.30. The first-order chi connectivity index (χ1) is 12.5. The Kier molecular flexibility index (Phi) is 5.96. The first-order valence-corrected chi connectivity index (χ1v) is 9.78. The quantitative estimate of drug-likeness (QED) is 0.444. The Bertz CT molecular complexity index is 954. The molecule has 0 atom stereocenters. The van der Waals surface area contributed by atoms with Crippen molar-refractivity contribution in [1.29, 1.82) is 0 Å². The molecule has 0 aliphatic rings. The van der Waals surface area contributed by atoms with E-state index >= 15 is 0 Å². The number of thioether (sulfide) groups is 1. The van der Waals surface area contributed by atoms with Gasteiger partial charge >= 0.3 is 0 Å². The predicted molar refractivity (Wildman–Crippen MR) is 110 cm³/mol. The molecule has 0 bridgehead atoms. The van der Waals surface area contributed by atoms with Crippen LogP contribution in [0.1, 0.15) is 11.3 Å². The number of hydrogen-bond acceptors (Lipinski definition) is 3. The Labute approximate surface area is 162 Å². The molecular formula is C21H19ClN2OS. The maximum absolute atomic E-state index is 12.3. The number of hydrogen-bond donors (Lipinski definition) is 0. The summed E-state index contributed by atoms with van der Waals surface area (Å²) in [7, 11) is 1.79. The fourth-order valence-corrected chi connectivity index (χ4v) is 3.14. The molecule has 0 saturated carbocycles. The minimum Gasteiger partial charge on any atom is -0.338 e. The topological polar surface area (TPSA) is 33.2 Å². The highest BCUT2D eigenvalue weighted by atomic mass is 35.5. The van der Waals surface area contributed by atoms with Crippen LogP contribution in [0.4, 0.5) is 0 Å². The summed E-state index contributed by atoms with van der Waals surface area (Å²) >= 11 is 7.72. The molecule has 0 saturated heterocycles. The lowest BCUT2D eigenvalue weighted by Crippen LogP contribution is -2.24. The van der Waals surface area contributed by atoms with Crippen LogP contribution in [-0.4, -0.2) is 29.1 Å². The van der Waals surface area contributed by atoms with Crippen LogP contribution < -0.4 is 0 Å². The molecule has 0 aliphatic carbocycles. The van der Waals surface area contributed by atoms with Crippen LogP contribution in [0.25, 0.3) is 17.0 Å². The van der Waals surface area contributed by atoms with Crippen LogP contribution >= 0.6 is 23.4 Å². The number of nitrogens with zero attached hydrogens (tertiary/aromatic N) is 2. The number of pyridine rings is 1. The molecule has 5 heteroatoms. The molecule has 0 unspecified atom stereocenters. The van der Waals surface area contributed by atoms with Gasteiger partial charge in [-0.25, -0.2) is 4.98 Å². The third-order valence-corrected chi connectivity index (χ3v) is 5.01. The molecule has 0 fully saturated rings. The molecule has 0 spiro atoms. The van der Waals surface area contributed by atoms with E-state index in [0.717, 1.165) is 22.2 Å². The van der Waals surface area contributed by atoms with E-state index in [-0.39, 0.29) is 5.91 Å². The fraction of sp³-hybridized carbons (Fsp3) is 0.143. The van der Waals surface area contributed by atoms with Gasteiger partial charge in [-0.15, -0.1) is 11.8 Å². The average molecular weight is 383 g/mol. The van der Waals surface area contributed by atoms with Crippen molar-refractivity contribution in [2.45, 2.75) is 11.4 Å². The van der Waals surface area contributed by atoms with Crippen molar-refractivity contribution in [2.24, 2.45) is 0 Å². The van der Waals surface area contributed by atoms with Crippen LogP contribution in [0, 0.1) is 0 Å². The molecule has 1 amide bonds. The van der Waals surface area contributed by atoms with Crippen LogP contribution in [-0.2, 0) is 11.3 Å². The summed E-state index contributed by atoms with van der Waals surface area (Å²) in [6.07, 6.45) is 5.33. The SMILES string of the molecule is CSc1ccc(CN(C)C(=O)C=Cc2ccc3ccc(Cl)cc3n2)cc1. The van der Waals surface area contributed by atoms with Gasteiger partial charge in [0, 0.05) is 35.0 Å². The lowest BCUT2D eigenvalue weighted by Gasteiger charge is -2.15. The van der Waals surface area contributed by atoms with Gasteiger partial charge in [-0.2, -0.15) is 0 Å². The highest BCUT2D eigenvalue weighted by molar-refractivity contribution is 7.98. The van der Waals surface area contributed by atoms with E-state index < -0.39 is 0 Å². The van der Waals surface area contributed by atoms with Crippen LogP contribution in [0.15, 0.2) is 65.6 Å². The maximum Gasteiger partial charge on any atom is 0.246 e. The van der Waals surface area contributed by atoms with E-state index in [1.54, 1.807) is 35.9 Å². The molecule has 3 rings (SSSR count). The summed E-state index contributed by atoms with van der Waals surface area (Å²) in [5.41, 5.74) is 2.64.